The predicted molar refractivity (Wildman–Crippen MR) is 72.3 cm³/mol. The molecule has 0 saturated carbocycles. The Balaban J connectivity index is 2.24. The van der Waals surface area contributed by atoms with E-state index < -0.39 is 0 Å². The molecule has 0 aromatic carbocycles. The van der Waals surface area contributed by atoms with Gasteiger partial charge in [0, 0.05) is 32.3 Å². The Morgan fingerprint density at radius 1 is 1.39 bits per heavy atom. The average molecular weight is 252 g/mol. The molecule has 0 bridgehead atoms. The Labute approximate surface area is 109 Å². The molecule has 5 nitrogen and oxygen atoms in total. The van der Waals surface area contributed by atoms with Gasteiger partial charge in [-0.05, 0) is 39.4 Å². The van der Waals surface area contributed by atoms with E-state index in [1.807, 2.05) is 38.3 Å². The third-order valence-electron chi connectivity index (χ3n) is 2.96. The maximum absolute atomic E-state index is 12.0. The topological polar surface area (TPSA) is 52.2 Å². The molecule has 5 heteroatoms. The number of carbonyl (C=O) groups excluding carboxylic acids is 1. The molecule has 102 valence electrons. The van der Waals surface area contributed by atoms with Crippen LogP contribution in [0.3, 0.4) is 0 Å². The van der Waals surface area contributed by atoms with Crippen LogP contribution in [0.5, 0.6) is 0 Å². The molecular weight excluding hydrogens is 228 g/mol. The van der Waals surface area contributed by atoms with Gasteiger partial charge in [-0.15, -0.1) is 0 Å². The summed E-state index contributed by atoms with van der Waals surface area (Å²) in [5.74, 6) is 0.253. The van der Waals surface area contributed by atoms with Crippen molar-refractivity contribution in [3.8, 4) is 0 Å². The first-order chi connectivity index (χ1) is 8.63. The van der Waals surface area contributed by atoms with E-state index in [1.54, 1.807) is 0 Å². The van der Waals surface area contributed by atoms with E-state index in [9.17, 15) is 4.79 Å². The summed E-state index contributed by atoms with van der Waals surface area (Å²) in [5.41, 5.74) is 1.17. The molecule has 1 aromatic rings. The molecular formula is C13H24N4O. The Kier molecular flexibility index (Phi) is 6.43. The van der Waals surface area contributed by atoms with Crippen molar-refractivity contribution >= 4 is 5.91 Å². The fraction of sp³-hybridized carbons (Fsp3) is 0.692. The van der Waals surface area contributed by atoms with Crippen LogP contribution in [0.25, 0.3) is 0 Å². The summed E-state index contributed by atoms with van der Waals surface area (Å²) in [6.07, 6.45) is 6.11. The van der Waals surface area contributed by atoms with Crippen LogP contribution >= 0.6 is 0 Å². The van der Waals surface area contributed by atoms with Crippen LogP contribution in [0.15, 0.2) is 12.4 Å². The molecule has 18 heavy (non-hydrogen) atoms. The highest BCUT2D eigenvalue weighted by molar-refractivity contribution is 5.76. The van der Waals surface area contributed by atoms with Gasteiger partial charge in [0.25, 0.3) is 0 Å². The molecule has 1 aromatic heterocycles. The van der Waals surface area contributed by atoms with Crippen LogP contribution < -0.4 is 0 Å². The number of carbonyl (C=O) groups is 1. The first-order valence-electron chi connectivity index (χ1n) is 6.53. The van der Waals surface area contributed by atoms with Gasteiger partial charge in [-0.25, -0.2) is 0 Å². The summed E-state index contributed by atoms with van der Waals surface area (Å²) in [6.45, 7) is 4.55. The van der Waals surface area contributed by atoms with Crippen molar-refractivity contribution in [1.82, 2.24) is 20.0 Å². The molecule has 0 saturated heterocycles. The SMILES string of the molecule is CCN(CCN(C)C)C(=O)CCCc1cn[nH]c1. The maximum atomic E-state index is 12.0. The number of nitrogens with zero attached hydrogens (tertiary/aromatic N) is 3. The first kappa shape index (κ1) is 14.7. The van der Waals surface area contributed by atoms with Crippen molar-refractivity contribution in [2.45, 2.75) is 26.2 Å². The molecule has 1 amide bonds. The lowest BCUT2D eigenvalue weighted by Gasteiger charge is -2.22. The van der Waals surface area contributed by atoms with Gasteiger partial charge < -0.3 is 9.80 Å². The van der Waals surface area contributed by atoms with Gasteiger partial charge in [-0.1, -0.05) is 0 Å². The molecule has 0 unspecified atom stereocenters. The second-order valence-corrected chi connectivity index (χ2v) is 4.74. The second kappa shape index (κ2) is 7.87. The second-order valence-electron chi connectivity index (χ2n) is 4.74. The van der Waals surface area contributed by atoms with E-state index in [0.717, 1.165) is 32.5 Å². The minimum atomic E-state index is 0.253. The van der Waals surface area contributed by atoms with Gasteiger partial charge in [0.1, 0.15) is 0 Å². The van der Waals surface area contributed by atoms with Crippen LogP contribution in [0, 0.1) is 0 Å². The standard InChI is InChI=1S/C13H24N4O/c1-4-17(9-8-16(2)3)13(18)7-5-6-12-10-14-15-11-12/h10-11H,4-9H2,1-3H3,(H,14,15). The summed E-state index contributed by atoms with van der Waals surface area (Å²) >= 11 is 0. The predicted octanol–water partition coefficient (Wildman–Crippen LogP) is 1.14. The van der Waals surface area contributed by atoms with Gasteiger partial charge in [0.05, 0.1) is 6.20 Å². The highest BCUT2D eigenvalue weighted by atomic mass is 16.2. The Morgan fingerprint density at radius 2 is 2.17 bits per heavy atom. The molecule has 1 heterocycles. The van der Waals surface area contributed by atoms with E-state index in [1.165, 1.54) is 5.56 Å². The zero-order valence-corrected chi connectivity index (χ0v) is 11.6. The molecule has 0 aliphatic rings. The number of likely N-dealkylation sites (N-methyl/N-ethyl adjacent to an activating group) is 2. The lowest BCUT2D eigenvalue weighted by Crippen LogP contribution is -2.36. The Hall–Kier alpha value is -1.36. The van der Waals surface area contributed by atoms with E-state index in [0.29, 0.717) is 6.42 Å². The third-order valence-corrected chi connectivity index (χ3v) is 2.96. The van der Waals surface area contributed by atoms with Crippen LogP contribution in [-0.2, 0) is 11.2 Å². The van der Waals surface area contributed by atoms with Crippen molar-refractivity contribution in [2.24, 2.45) is 0 Å². The fourth-order valence-corrected chi connectivity index (χ4v) is 1.80. The summed E-state index contributed by atoms with van der Waals surface area (Å²) in [6, 6.07) is 0. The zero-order valence-electron chi connectivity index (χ0n) is 11.6. The van der Waals surface area contributed by atoms with Gasteiger partial charge in [-0.3, -0.25) is 9.89 Å². The summed E-state index contributed by atoms with van der Waals surface area (Å²) in [4.78, 5) is 16.0. The normalized spacial score (nSPS) is 10.9. The number of aromatic amines is 1. The van der Waals surface area contributed by atoms with Crippen LogP contribution in [0.2, 0.25) is 0 Å². The monoisotopic (exact) mass is 252 g/mol. The number of hydrogen-bond donors (Lipinski definition) is 1. The molecule has 0 radical (unpaired) electrons. The van der Waals surface area contributed by atoms with Crippen LogP contribution in [0.4, 0.5) is 0 Å². The number of H-pyrrole nitrogens is 1. The molecule has 0 aliphatic carbocycles. The highest BCUT2D eigenvalue weighted by Gasteiger charge is 2.11. The van der Waals surface area contributed by atoms with Crippen molar-refractivity contribution in [2.75, 3.05) is 33.7 Å². The van der Waals surface area contributed by atoms with Crippen molar-refractivity contribution < 1.29 is 4.79 Å². The van der Waals surface area contributed by atoms with E-state index in [4.69, 9.17) is 0 Å². The number of hydrogen-bond acceptors (Lipinski definition) is 3. The minimum absolute atomic E-state index is 0.253. The lowest BCUT2D eigenvalue weighted by atomic mass is 10.1. The quantitative estimate of drug-likeness (QED) is 0.755. The smallest absolute Gasteiger partial charge is 0.222 e. The zero-order chi connectivity index (χ0) is 13.4. The van der Waals surface area contributed by atoms with Crippen molar-refractivity contribution in [3.63, 3.8) is 0 Å². The molecule has 0 aliphatic heterocycles. The number of nitrogens with one attached hydrogen (secondary N) is 1. The first-order valence-corrected chi connectivity index (χ1v) is 6.53. The van der Waals surface area contributed by atoms with Crippen molar-refractivity contribution in [1.29, 1.82) is 0 Å². The van der Waals surface area contributed by atoms with Gasteiger partial charge in [-0.2, -0.15) is 5.10 Å². The summed E-state index contributed by atoms with van der Waals surface area (Å²) in [7, 11) is 4.05. The molecule has 0 fully saturated rings. The van der Waals surface area contributed by atoms with Crippen molar-refractivity contribution in [3.05, 3.63) is 18.0 Å². The largest absolute Gasteiger partial charge is 0.342 e. The van der Waals surface area contributed by atoms with Crippen LogP contribution in [0.1, 0.15) is 25.3 Å². The number of aryl methyl sites for hydroxylation is 1. The van der Waals surface area contributed by atoms with Gasteiger partial charge in [0.2, 0.25) is 5.91 Å². The molecule has 0 atom stereocenters. The number of rotatable bonds is 8. The summed E-state index contributed by atoms with van der Waals surface area (Å²) in [5, 5.41) is 6.68. The Morgan fingerprint density at radius 3 is 2.72 bits per heavy atom. The third kappa shape index (κ3) is 5.31. The maximum Gasteiger partial charge on any atom is 0.222 e. The lowest BCUT2D eigenvalue weighted by molar-refractivity contribution is -0.131. The average Bonchev–Trinajstić information content (AvgIpc) is 2.82. The van der Waals surface area contributed by atoms with E-state index in [2.05, 4.69) is 15.1 Å². The minimum Gasteiger partial charge on any atom is -0.342 e. The molecule has 0 spiro atoms. The van der Waals surface area contributed by atoms with Crippen LogP contribution in [-0.4, -0.2) is 59.6 Å². The molecule has 1 rings (SSSR count). The fourth-order valence-electron chi connectivity index (χ4n) is 1.80. The number of aromatic nitrogens is 2. The van der Waals surface area contributed by atoms with E-state index >= 15 is 0 Å². The summed E-state index contributed by atoms with van der Waals surface area (Å²) < 4.78 is 0. The Bertz CT molecular complexity index is 335. The molecule has 1 N–H and O–H groups in total. The van der Waals surface area contributed by atoms with Gasteiger partial charge in [0.15, 0.2) is 0 Å². The van der Waals surface area contributed by atoms with Gasteiger partial charge >= 0.3 is 0 Å². The van der Waals surface area contributed by atoms with E-state index in [-0.39, 0.29) is 5.91 Å². The number of amides is 1. The highest BCUT2D eigenvalue weighted by Crippen LogP contribution is 2.04.